The van der Waals surface area contributed by atoms with E-state index in [9.17, 15) is 4.79 Å². The standard InChI is InChI=1S/C24H28N2O3S/c1-5-17(6-2)23(27)25-14-16-7-9-18(10-8-16)24-26-20(15-30-24)19-11-12-21(28-3)22(13-19)29-4/h7-13,15,17H,5-6,14H2,1-4H3,(H,25,27). The first kappa shape index (κ1) is 21.8. The molecular formula is C24H28N2O3S. The minimum Gasteiger partial charge on any atom is -0.493 e. The number of aromatic nitrogens is 1. The van der Waals surface area contributed by atoms with Crippen LogP contribution in [-0.4, -0.2) is 25.1 Å². The van der Waals surface area contributed by atoms with Gasteiger partial charge in [0.25, 0.3) is 0 Å². The van der Waals surface area contributed by atoms with Gasteiger partial charge in [-0.3, -0.25) is 4.79 Å². The highest BCUT2D eigenvalue weighted by Crippen LogP contribution is 2.34. The number of ether oxygens (including phenoxy) is 2. The lowest BCUT2D eigenvalue weighted by molar-refractivity contribution is -0.125. The zero-order chi connectivity index (χ0) is 21.5. The first-order chi connectivity index (χ1) is 14.6. The molecule has 0 atom stereocenters. The smallest absolute Gasteiger partial charge is 0.223 e. The first-order valence-electron chi connectivity index (χ1n) is 10.1. The van der Waals surface area contributed by atoms with Crippen LogP contribution in [0.1, 0.15) is 32.3 Å². The van der Waals surface area contributed by atoms with E-state index < -0.39 is 0 Å². The Hall–Kier alpha value is -2.86. The quantitative estimate of drug-likeness (QED) is 0.489. The van der Waals surface area contributed by atoms with Crippen molar-refractivity contribution in [2.75, 3.05) is 14.2 Å². The number of hydrogen-bond donors (Lipinski definition) is 1. The van der Waals surface area contributed by atoms with Gasteiger partial charge in [-0.15, -0.1) is 11.3 Å². The average molecular weight is 425 g/mol. The Balaban J connectivity index is 1.69. The Morgan fingerprint density at radius 3 is 2.30 bits per heavy atom. The van der Waals surface area contributed by atoms with Gasteiger partial charge >= 0.3 is 0 Å². The van der Waals surface area contributed by atoms with E-state index in [4.69, 9.17) is 14.5 Å². The fourth-order valence-corrected chi connectivity index (χ4v) is 4.13. The van der Waals surface area contributed by atoms with Crippen molar-refractivity contribution in [1.82, 2.24) is 10.3 Å². The average Bonchev–Trinajstić information content (AvgIpc) is 3.28. The summed E-state index contributed by atoms with van der Waals surface area (Å²) in [6, 6.07) is 14.0. The van der Waals surface area contributed by atoms with Gasteiger partial charge in [0.1, 0.15) is 5.01 Å². The third-order valence-electron chi connectivity index (χ3n) is 5.21. The van der Waals surface area contributed by atoms with Crippen LogP contribution in [0.4, 0.5) is 0 Å². The summed E-state index contributed by atoms with van der Waals surface area (Å²) in [6.07, 6.45) is 1.74. The Bertz CT molecular complexity index is 978. The number of hydrogen-bond acceptors (Lipinski definition) is 5. The van der Waals surface area contributed by atoms with Crippen molar-refractivity contribution in [3.05, 3.63) is 53.4 Å². The molecule has 0 aliphatic rings. The van der Waals surface area contributed by atoms with Crippen LogP contribution in [0.5, 0.6) is 11.5 Å². The zero-order valence-electron chi connectivity index (χ0n) is 17.9. The van der Waals surface area contributed by atoms with Crippen molar-refractivity contribution in [2.24, 2.45) is 5.92 Å². The van der Waals surface area contributed by atoms with Crippen molar-refractivity contribution in [2.45, 2.75) is 33.2 Å². The summed E-state index contributed by atoms with van der Waals surface area (Å²) in [5.74, 6) is 1.60. The van der Waals surface area contributed by atoms with Crippen LogP contribution in [0.3, 0.4) is 0 Å². The predicted octanol–water partition coefficient (Wildman–Crippen LogP) is 5.55. The number of amides is 1. The number of carbonyl (C=O) groups is 1. The summed E-state index contributed by atoms with van der Waals surface area (Å²) in [5.41, 5.74) is 4.02. The molecule has 30 heavy (non-hydrogen) atoms. The van der Waals surface area contributed by atoms with Crippen molar-refractivity contribution in [1.29, 1.82) is 0 Å². The van der Waals surface area contributed by atoms with Crippen molar-refractivity contribution < 1.29 is 14.3 Å². The SMILES string of the molecule is CCC(CC)C(=O)NCc1ccc(-c2nc(-c3ccc(OC)c(OC)c3)cs2)cc1. The third-order valence-corrected chi connectivity index (χ3v) is 6.10. The predicted molar refractivity (Wildman–Crippen MR) is 122 cm³/mol. The van der Waals surface area contributed by atoms with E-state index in [0.717, 1.165) is 40.2 Å². The molecule has 0 unspecified atom stereocenters. The molecule has 0 saturated heterocycles. The highest BCUT2D eigenvalue weighted by atomic mass is 32.1. The topological polar surface area (TPSA) is 60.5 Å². The molecule has 3 aromatic rings. The van der Waals surface area contributed by atoms with E-state index in [1.807, 2.05) is 49.6 Å². The minimum absolute atomic E-state index is 0.0922. The van der Waals surface area contributed by atoms with Gasteiger partial charge in [0.2, 0.25) is 5.91 Å². The van der Waals surface area contributed by atoms with Crippen LogP contribution in [-0.2, 0) is 11.3 Å². The first-order valence-corrected chi connectivity index (χ1v) is 11.0. The largest absolute Gasteiger partial charge is 0.493 e. The monoisotopic (exact) mass is 424 g/mol. The fraction of sp³-hybridized carbons (Fsp3) is 0.333. The summed E-state index contributed by atoms with van der Waals surface area (Å²) in [6.45, 7) is 4.64. The second kappa shape index (κ2) is 10.3. The molecule has 1 heterocycles. The summed E-state index contributed by atoms with van der Waals surface area (Å²) < 4.78 is 10.7. The van der Waals surface area contributed by atoms with Gasteiger partial charge < -0.3 is 14.8 Å². The molecule has 2 aromatic carbocycles. The molecule has 0 aliphatic heterocycles. The molecule has 0 radical (unpaired) electrons. The summed E-state index contributed by atoms with van der Waals surface area (Å²) >= 11 is 1.60. The van der Waals surface area contributed by atoms with Crippen LogP contribution in [0, 0.1) is 5.92 Å². The number of nitrogens with zero attached hydrogens (tertiary/aromatic N) is 1. The van der Waals surface area contributed by atoms with Crippen molar-refractivity contribution >= 4 is 17.2 Å². The van der Waals surface area contributed by atoms with Gasteiger partial charge in [-0.1, -0.05) is 38.1 Å². The molecule has 0 saturated carbocycles. The minimum atomic E-state index is 0.0922. The summed E-state index contributed by atoms with van der Waals surface area (Å²) in [7, 11) is 3.25. The summed E-state index contributed by atoms with van der Waals surface area (Å²) in [5, 5.41) is 6.03. The maximum absolute atomic E-state index is 12.2. The van der Waals surface area contributed by atoms with E-state index in [1.165, 1.54) is 0 Å². The zero-order valence-corrected chi connectivity index (χ0v) is 18.7. The molecule has 1 amide bonds. The molecule has 158 valence electrons. The molecule has 0 spiro atoms. The van der Waals surface area contributed by atoms with Gasteiger partial charge in [0.15, 0.2) is 11.5 Å². The number of carbonyl (C=O) groups excluding carboxylic acids is 1. The Morgan fingerprint density at radius 1 is 1.00 bits per heavy atom. The lowest BCUT2D eigenvalue weighted by Crippen LogP contribution is -2.29. The maximum atomic E-state index is 12.2. The van der Waals surface area contributed by atoms with Crippen molar-refractivity contribution in [3.63, 3.8) is 0 Å². The fourth-order valence-electron chi connectivity index (χ4n) is 3.29. The number of thiazole rings is 1. The Labute approximate surface area is 182 Å². The number of benzene rings is 2. The van der Waals surface area contributed by atoms with E-state index >= 15 is 0 Å². The van der Waals surface area contributed by atoms with Crippen LogP contribution < -0.4 is 14.8 Å². The van der Waals surface area contributed by atoms with E-state index in [2.05, 4.69) is 17.4 Å². The van der Waals surface area contributed by atoms with Crippen LogP contribution in [0.25, 0.3) is 21.8 Å². The van der Waals surface area contributed by atoms with Gasteiger partial charge in [-0.25, -0.2) is 4.98 Å². The van der Waals surface area contributed by atoms with Gasteiger partial charge in [0.05, 0.1) is 19.9 Å². The molecule has 3 rings (SSSR count). The van der Waals surface area contributed by atoms with Gasteiger partial charge in [-0.05, 0) is 36.6 Å². The van der Waals surface area contributed by atoms with E-state index in [1.54, 1.807) is 25.6 Å². The second-order valence-corrected chi connectivity index (χ2v) is 7.89. The molecule has 0 bridgehead atoms. The Morgan fingerprint density at radius 2 is 1.67 bits per heavy atom. The van der Waals surface area contributed by atoms with E-state index in [-0.39, 0.29) is 11.8 Å². The van der Waals surface area contributed by atoms with Crippen LogP contribution >= 0.6 is 11.3 Å². The second-order valence-electron chi connectivity index (χ2n) is 7.04. The van der Waals surface area contributed by atoms with Crippen LogP contribution in [0.2, 0.25) is 0 Å². The van der Waals surface area contributed by atoms with Gasteiger partial charge in [-0.2, -0.15) is 0 Å². The lowest BCUT2D eigenvalue weighted by atomic mass is 10.0. The molecule has 6 heteroatoms. The number of nitrogens with one attached hydrogen (secondary N) is 1. The van der Waals surface area contributed by atoms with E-state index in [0.29, 0.717) is 18.0 Å². The molecular weight excluding hydrogens is 396 g/mol. The van der Waals surface area contributed by atoms with Crippen LogP contribution in [0.15, 0.2) is 47.8 Å². The maximum Gasteiger partial charge on any atom is 0.223 e. The third kappa shape index (κ3) is 5.00. The summed E-state index contributed by atoms with van der Waals surface area (Å²) in [4.78, 5) is 16.9. The molecule has 1 aromatic heterocycles. The number of rotatable bonds is 9. The highest BCUT2D eigenvalue weighted by molar-refractivity contribution is 7.13. The lowest BCUT2D eigenvalue weighted by Gasteiger charge is -2.12. The van der Waals surface area contributed by atoms with Crippen molar-refractivity contribution in [3.8, 4) is 33.3 Å². The van der Waals surface area contributed by atoms with Gasteiger partial charge in [0, 0.05) is 29.0 Å². The normalized spacial score (nSPS) is 10.8. The molecule has 0 aliphatic carbocycles. The molecule has 0 fully saturated rings. The number of methoxy groups -OCH3 is 2. The Kier molecular flexibility index (Phi) is 7.46. The highest BCUT2D eigenvalue weighted by Gasteiger charge is 2.14. The molecule has 5 nitrogen and oxygen atoms in total. The molecule has 1 N–H and O–H groups in total.